The number of benzene rings is 5. The van der Waals surface area contributed by atoms with Gasteiger partial charge in [-0.05, 0) is 83.9 Å². The molecule has 51 heavy (non-hydrogen) atoms. The number of nitrogen functional groups attached to an aromatic ring is 2. The minimum atomic E-state index is -4.82. The maximum absolute atomic E-state index is 12.2. The number of amides is 1. The van der Waals surface area contributed by atoms with E-state index in [2.05, 4.69) is 30.7 Å². The van der Waals surface area contributed by atoms with Crippen molar-refractivity contribution in [2.75, 3.05) is 25.6 Å². The van der Waals surface area contributed by atoms with Crippen molar-refractivity contribution in [2.45, 2.75) is 4.90 Å². The number of nitrogens with two attached hydrogens (primary N) is 2. The predicted octanol–water partition coefficient (Wildman–Crippen LogP) is 8.12. The van der Waals surface area contributed by atoms with Crippen LogP contribution < -0.4 is 11.5 Å². The molecule has 258 valence electrons. The minimum absolute atomic E-state index is 0.141. The lowest BCUT2D eigenvalue weighted by Crippen LogP contribution is -2.21. The van der Waals surface area contributed by atoms with Crippen molar-refractivity contribution >= 4 is 67.5 Å². The first-order valence-electron chi connectivity index (χ1n) is 14.7. The summed E-state index contributed by atoms with van der Waals surface area (Å²) in [6.45, 7) is 0. The van der Waals surface area contributed by atoms with E-state index in [9.17, 15) is 27.7 Å². The molecule has 0 heterocycles. The molecule has 1 amide bonds. The largest absolute Gasteiger partial charge is 0.507 e. The van der Waals surface area contributed by atoms with E-state index in [4.69, 9.17) is 16.6 Å². The number of carboxylic acid groups (broad SMARTS) is 1. The highest BCUT2D eigenvalue weighted by Gasteiger charge is 2.22. The third-order valence-electron chi connectivity index (χ3n) is 7.22. The Balaban J connectivity index is 1.34. The van der Waals surface area contributed by atoms with Crippen LogP contribution in [-0.2, 0) is 10.1 Å². The molecule has 0 fully saturated rings. The first kappa shape index (κ1) is 35.5. The van der Waals surface area contributed by atoms with E-state index in [1.807, 2.05) is 12.1 Å². The molecule has 5 aromatic rings. The van der Waals surface area contributed by atoms with Crippen LogP contribution in [0.15, 0.2) is 133 Å². The summed E-state index contributed by atoms with van der Waals surface area (Å²) in [6, 6.07) is 25.0. The monoisotopic (exact) mass is 707 g/mol. The van der Waals surface area contributed by atoms with Crippen molar-refractivity contribution in [1.29, 1.82) is 0 Å². The maximum atomic E-state index is 12.2. The summed E-state index contributed by atoms with van der Waals surface area (Å²) in [5.41, 5.74) is 14.6. The second-order valence-corrected chi connectivity index (χ2v) is 12.4. The second-order valence-electron chi connectivity index (χ2n) is 11.0. The Bertz CT molecular complexity index is 2320. The molecule has 0 unspecified atom stereocenters. The van der Waals surface area contributed by atoms with Crippen LogP contribution in [0.2, 0.25) is 0 Å². The lowest BCUT2D eigenvalue weighted by Gasteiger charge is -2.11. The summed E-state index contributed by atoms with van der Waals surface area (Å²) >= 11 is 0. The maximum Gasteiger partial charge on any atom is 0.339 e. The lowest BCUT2D eigenvalue weighted by atomic mass is 10.1. The zero-order valence-corrected chi connectivity index (χ0v) is 27.7. The molecule has 5 aromatic carbocycles. The van der Waals surface area contributed by atoms with E-state index in [1.165, 1.54) is 35.2 Å². The second kappa shape index (κ2) is 14.7. The summed E-state index contributed by atoms with van der Waals surface area (Å²) in [5.74, 6) is -1.86. The zero-order chi connectivity index (χ0) is 36.9. The van der Waals surface area contributed by atoms with Gasteiger partial charge in [0.2, 0.25) is 0 Å². The van der Waals surface area contributed by atoms with E-state index in [0.29, 0.717) is 22.6 Å². The third kappa shape index (κ3) is 8.42. The van der Waals surface area contributed by atoms with Gasteiger partial charge in [-0.3, -0.25) is 9.35 Å². The van der Waals surface area contributed by atoms with E-state index in [1.54, 1.807) is 62.6 Å². The van der Waals surface area contributed by atoms with Crippen LogP contribution in [0.4, 0.5) is 45.5 Å². The fourth-order valence-electron chi connectivity index (χ4n) is 4.53. The highest BCUT2D eigenvalue weighted by atomic mass is 32.2. The lowest BCUT2D eigenvalue weighted by molar-refractivity contribution is 0.0693. The Labute approximate surface area is 290 Å². The Kier molecular flexibility index (Phi) is 10.2. The summed E-state index contributed by atoms with van der Waals surface area (Å²) in [5, 5.41) is 43.3. The van der Waals surface area contributed by atoms with Crippen molar-refractivity contribution in [3.8, 4) is 16.9 Å². The van der Waals surface area contributed by atoms with Gasteiger partial charge in [-0.2, -0.15) is 28.9 Å². The van der Waals surface area contributed by atoms with Crippen LogP contribution in [0.1, 0.15) is 20.7 Å². The predicted molar refractivity (Wildman–Crippen MR) is 189 cm³/mol. The van der Waals surface area contributed by atoms with Crippen LogP contribution in [-0.4, -0.2) is 54.1 Å². The number of phenols is 1. The highest BCUT2D eigenvalue weighted by molar-refractivity contribution is 7.86. The molecule has 0 radical (unpaired) electrons. The molecular formula is C34H29N9O7S. The molecular weight excluding hydrogens is 678 g/mol. The summed E-state index contributed by atoms with van der Waals surface area (Å²) < 4.78 is 34.1. The van der Waals surface area contributed by atoms with Gasteiger partial charge < -0.3 is 26.6 Å². The molecule has 5 rings (SSSR count). The van der Waals surface area contributed by atoms with Gasteiger partial charge in [-0.25, -0.2) is 4.79 Å². The number of carbonyl (C=O) groups excluding carboxylic acids is 1. The molecule has 0 atom stereocenters. The molecule has 0 bridgehead atoms. The van der Waals surface area contributed by atoms with Crippen LogP contribution in [0, 0.1) is 0 Å². The SMILES string of the molecule is CN(C)C(=O)c1ccc(N=Nc2c(N)c(N=Nc3ccc(-c4ccc(N=Nc5ccc(O)c(C(=O)O)c5)cc4)cc3)cc(S(=O)(=O)O)c2N)cc1. The van der Waals surface area contributed by atoms with Crippen LogP contribution in [0.3, 0.4) is 0 Å². The average Bonchev–Trinajstić information content (AvgIpc) is 3.10. The van der Waals surface area contributed by atoms with Gasteiger partial charge in [-0.15, -0.1) is 10.2 Å². The van der Waals surface area contributed by atoms with E-state index >= 15 is 0 Å². The highest BCUT2D eigenvalue weighted by Crippen LogP contribution is 2.43. The summed E-state index contributed by atoms with van der Waals surface area (Å²) in [7, 11) is -1.58. The quantitative estimate of drug-likeness (QED) is 0.0532. The number of hydrogen-bond acceptors (Lipinski definition) is 13. The van der Waals surface area contributed by atoms with Gasteiger partial charge in [0, 0.05) is 19.7 Å². The fraction of sp³-hybridized carbons (Fsp3) is 0.0588. The molecule has 0 aliphatic carbocycles. The summed E-state index contributed by atoms with van der Waals surface area (Å²) in [6.07, 6.45) is 0. The van der Waals surface area contributed by atoms with Crippen molar-refractivity contribution in [1.82, 2.24) is 4.90 Å². The average molecular weight is 708 g/mol. The number of azo groups is 3. The fourth-order valence-corrected chi connectivity index (χ4v) is 5.16. The van der Waals surface area contributed by atoms with Gasteiger partial charge >= 0.3 is 5.97 Å². The Hall–Kier alpha value is -6.85. The standard InChI is InChI=1S/C34H29N9O7S/c1-43(2)33(45)21-7-13-24(14-8-21)39-42-32-30(35)27(18-29(31(32)36)51(48,49)50)41-38-23-11-5-20(6-12-23)19-3-9-22(10-4-19)37-40-25-15-16-28(44)26(17-25)34(46)47/h3-18,44H,35-36H2,1-2H3,(H,46,47)(H,48,49,50). The smallest absolute Gasteiger partial charge is 0.339 e. The van der Waals surface area contributed by atoms with Gasteiger partial charge in [0.05, 0.1) is 34.1 Å². The van der Waals surface area contributed by atoms with E-state index in [-0.39, 0.29) is 40.0 Å². The normalized spacial score (nSPS) is 11.8. The molecule has 0 aliphatic rings. The zero-order valence-electron chi connectivity index (χ0n) is 26.9. The molecule has 17 heteroatoms. The third-order valence-corrected chi connectivity index (χ3v) is 8.11. The number of aromatic carboxylic acids is 1. The molecule has 0 aliphatic heterocycles. The number of carboxylic acids is 1. The Morgan fingerprint density at radius 3 is 1.63 bits per heavy atom. The first-order valence-corrected chi connectivity index (χ1v) is 16.2. The van der Waals surface area contributed by atoms with E-state index in [0.717, 1.165) is 17.2 Å². The number of rotatable bonds is 10. The van der Waals surface area contributed by atoms with E-state index < -0.39 is 26.7 Å². The molecule has 0 spiro atoms. The molecule has 7 N–H and O–H groups in total. The molecule has 0 saturated carbocycles. The minimum Gasteiger partial charge on any atom is -0.507 e. The number of carbonyl (C=O) groups is 2. The number of anilines is 2. The van der Waals surface area contributed by atoms with Gasteiger partial charge in [0.1, 0.15) is 27.6 Å². The number of aromatic hydroxyl groups is 1. The number of hydrogen-bond donors (Lipinski definition) is 5. The van der Waals surface area contributed by atoms with Crippen molar-refractivity contribution in [3.63, 3.8) is 0 Å². The Morgan fingerprint density at radius 1 is 0.647 bits per heavy atom. The van der Waals surface area contributed by atoms with Crippen molar-refractivity contribution < 1.29 is 32.8 Å². The number of nitrogens with zero attached hydrogens (tertiary/aromatic N) is 7. The summed E-state index contributed by atoms with van der Waals surface area (Å²) in [4.78, 5) is 24.1. The first-order chi connectivity index (χ1) is 24.2. The molecule has 0 aromatic heterocycles. The van der Waals surface area contributed by atoms with Crippen LogP contribution in [0.25, 0.3) is 11.1 Å². The van der Waals surface area contributed by atoms with Gasteiger partial charge in [-0.1, -0.05) is 24.3 Å². The topological polar surface area (TPSA) is 258 Å². The van der Waals surface area contributed by atoms with Crippen LogP contribution in [0.5, 0.6) is 5.75 Å². The van der Waals surface area contributed by atoms with Crippen molar-refractivity contribution in [3.05, 3.63) is 108 Å². The van der Waals surface area contributed by atoms with Crippen molar-refractivity contribution in [2.24, 2.45) is 30.7 Å². The van der Waals surface area contributed by atoms with Crippen LogP contribution >= 0.6 is 0 Å². The molecule has 0 saturated heterocycles. The van der Waals surface area contributed by atoms with Gasteiger partial charge in [0.15, 0.2) is 0 Å². The Morgan fingerprint density at radius 2 is 1.12 bits per heavy atom. The molecule has 16 nitrogen and oxygen atoms in total. The van der Waals surface area contributed by atoms with Gasteiger partial charge in [0.25, 0.3) is 16.0 Å².